The van der Waals surface area contributed by atoms with Crippen LogP contribution < -0.4 is 5.73 Å². The van der Waals surface area contributed by atoms with Crippen molar-refractivity contribution in [2.45, 2.75) is 13.5 Å². The van der Waals surface area contributed by atoms with Gasteiger partial charge in [-0.2, -0.15) is 5.10 Å². The van der Waals surface area contributed by atoms with Crippen LogP contribution in [0.3, 0.4) is 0 Å². The smallest absolute Gasteiger partial charge is 0.251 e. The Morgan fingerprint density at radius 2 is 2.06 bits per heavy atom. The highest BCUT2D eigenvalue weighted by molar-refractivity contribution is 5.92. The zero-order valence-electron chi connectivity index (χ0n) is 9.65. The van der Waals surface area contributed by atoms with Gasteiger partial charge >= 0.3 is 0 Å². The van der Waals surface area contributed by atoms with Crippen LogP contribution >= 0.6 is 0 Å². The summed E-state index contributed by atoms with van der Waals surface area (Å²) in [7, 11) is 0. The van der Waals surface area contributed by atoms with Crippen LogP contribution in [0.1, 0.15) is 21.5 Å². The quantitative estimate of drug-likeness (QED) is 0.901. The van der Waals surface area contributed by atoms with Crippen LogP contribution in [0.2, 0.25) is 0 Å². The molecule has 0 spiro atoms. The van der Waals surface area contributed by atoms with E-state index in [1.54, 1.807) is 6.92 Å². The minimum Gasteiger partial charge on any atom is -0.366 e. The summed E-state index contributed by atoms with van der Waals surface area (Å²) in [5.41, 5.74) is 6.57. The summed E-state index contributed by atoms with van der Waals surface area (Å²) in [6.45, 7) is 1.92. The number of halogens is 2. The second kappa shape index (κ2) is 4.56. The molecule has 1 aromatic heterocycles. The molecule has 94 valence electrons. The minimum absolute atomic E-state index is 0.246. The average molecular weight is 251 g/mol. The van der Waals surface area contributed by atoms with Gasteiger partial charge in [-0.1, -0.05) is 0 Å². The Balaban J connectivity index is 2.28. The SMILES string of the molecule is Cc1cc(F)c(F)cc1Cn1cc(C(N)=O)cn1. The molecule has 0 bridgehead atoms. The van der Waals surface area contributed by atoms with Gasteiger partial charge in [0.25, 0.3) is 5.91 Å². The molecule has 0 fully saturated rings. The molecule has 1 amide bonds. The molecular formula is C12H11F2N3O. The Kier molecular flexibility index (Phi) is 3.10. The summed E-state index contributed by atoms with van der Waals surface area (Å²) in [5, 5.41) is 3.93. The zero-order valence-corrected chi connectivity index (χ0v) is 9.65. The van der Waals surface area contributed by atoms with E-state index in [1.165, 1.54) is 17.1 Å². The molecule has 0 aliphatic rings. The number of benzene rings is 1. The number of rotatable bonds is 3. The normalized spacial score (nSPS) is 10.6. The first-order chi connectivity index (χ1) is 8.47. The van der Waals surface area contributed by atoms with Crippen molar-refractivity contribution in [3.8, 4) is 0 Å². The van der Waals surface area contributed by atoms with Gasteiger partial charge in [0.15, 0.2) is 11.6 Å². The molecule has 0 aliphatic carbocycles. The molecule has 0 saturated heterocycles. The molecule has 1 aromatic carbocycles. The van der Waals surface area contributed by atoms with E-state index in [2.05, 4.69) is 5.10 Å². The minimum atomic E-state index is -0.905. The standard InChI is InChI=1S/C12H11F2N3O/c1-7-2-10(13)11(14)3-8(7)5-17-6-9(4-16-17)12(15)18/h2-4,6H,5H2,1H3,(H2,15,18). The Morgan fingerprint density at radius 1 is 1.39 bits per heavy atom. The number of aryl methyl sites for hydroxylation is 1. The van der Waals surface area contributed by atoms with Crippen molar-refractivity contribution in [3.05, 3.63) is 52.9 Å². The fourth-order valence-corrected chi connectivity index (χ4v) is 1.61. The van der Waals surface area contributed by atoms with Crippen molar-refractivity contribution in [1.29, 1.82) is 0 Å². The number of hydrogen-bond donors (Lipinski definition) is 1. The summed E-state index contributed by atoms with van der Waals surface area (Å²) >= 11 is 0. The maximum atomic E-state index is 13.1. The van der Waals surface area contributed by atoms with Gasteiger partial charge in [0.1, 0.15) is 0 Å². The Bertz CT molecular complexity index is 607. The van der Waals surface area contributed by atoms with Crippen molar-refractivity contribution in [3.63, 3.8) is 0 Å². The van der Waals surface area contributed by atoms with Crippen molar-refractivity contribution in [2.75, 3.05) is 0 Å². The molecule has 2 aromatic rings. The Labute approximate surface area is 102 Å². The maximum absolute atomic E-state index is 13.1. The fraction of sp³-hybridized carbons (Fsp3) is 0.167. The highest BCUT2D eigenvalue weighted by atomic mass is 19.2. The average Bonchev–Trinajstić information content (AvgIpc) is 2.74. The molecule has 1 heterocycles. The van der Waals surface area contributed by atoms with Crippen LogP contribution in [-0.4, -0.2) is 15.7 Å². The number of hydrogen-bond acceptors (Lipinski definition) is 2. The van der Waals surface area contributed by atoms with Crippen LogP contribution in [0.4, 0.5) is 8.78 Å². The molecule has 6 heteroatoms. The van der Waals surface area contributed by atoms with Crippen LogP contribution in [0.15, 0.2) is 24.5 Å². The third-order valence-electron chi connectivity index (χ3n) is 2.63. The summed E-state index contributed by atoms with van der Waals surface area (Å²) in [6.07, 6.45) is 2.79. The molecule has 0 radical (unpaired) electrons. The molecule has 2 N–H and O–H groups in total. The molecule has 2 rings (SSSR count). The molecule has 4 nitrogen and oxygen atoms in total. The largest absolute Gasteiger partial charge is 0.366 e. The first-order valence-corrected chi connectivity index (χ1v) is 5.24. The van der Waals surface area contributed by atoms with Gasteiger partial charge in [-0.15, -0.1) is 0 Å². The van der Waals surface area contributed by atoms with Crippen molar-refractivity contribution in [2.24, 2.45) is 5.73 Å². The van der Waals surface area contributed by atoms with Gasteiger partial charge in [0.05, 0.1) is 18.3 Å². The van der Waals surface area contributed by atoms with E-state index in [1.807, 2.05) is 0 Å². The van der Waals surface area contributed by atoms with E-state index in [0.717, 1.165) is 12.1 Å². The van der Waals surface area contributed by atoms with Gasteiger partial charge in [-0.3, -0.25) is 9.48 Å². The lowest BCUT2D eigenvalue weighted by atomic mass is 10.1. The van der Waals surface area contributed by atoms with Crippen molar-refractivity contribution in [1.82, 2.24) is 9.78 Å². The molecule has 18 heavy (non-hydrogen) atoms. The highest BCUT2D eigenvalue weighted by Crippen LogP contribution is 2.15. The number of carbonyl (C=O) groups is 1. The summed E-state index contributed by atoms with van der Waals surface area (Å²) in [5.74, 6) is -2.37. The van der Waals surface area contributed by atoms with Crippen LogP contribution in [0, 0.1) is 18.6 Å². The second-order valence-corrected chi connectivity index (χ2v) is 3.98. The maximum Gasteiger partial charge on any atom is 0.251 e. The predicted molar refractivity (Wildman–Crippen MR) is 60.9 cm³/mol. The van der Waals surface area contributed by atoms with Crippen LogP contribution in [0.25, 0.3) is 0 Å². The third-order valence-corrected chi connectivity index (χ3v) is 2.63. The van der Waals surface area contributed by atoms with E-state index >= 15 is 0 Å². The number of amides is 1. The van der Waals surface area contributed by atoms with Gasteiger partial charge in [0.2, 0.25) is 0 Å². The van der Waals surface area contributed by atoms with Gasteiger partial charge in [0, 0.05) is 6.20 Å². The summed E-state index contributed by atoms with van der Waals surface area (Å²) in [4.78, 5) is 10.9. The highest BCUT2D eigenvalue weighted by Gasteiger charge is 2.09. The monoisotopic (exact) mass is 251 g/mol. The molecule has 0 aliphatic heterocycles. The molecule has 0 atom stereocenters. The Hall–Kier alpha value is -2.24. The molecule has 0 unspecified atom stereocenters. The second-order valence-electron chi connectivity index (χ2n) is 3.98. The molecular weight excluding hydrogens is 240 g/mol. The molecule has 0 saturated carbocycles. The summed E-state index contributed by atoms with van der Waals surface area (Å²) < 4.78 is 27.5. The van der Waals surface area contributed by atoms with Gasteiger partial charge < -0.3 is 5.73 Å². The fourth-order valence-electron chi connectivity index (χ4n) is 1.61. The number of carbonyl (C=O) groups excluding carboxylic acids is 1. The topological polar surface area (TPSA) is 60.9 Å². The van der Waals surface area contributed by atoms with Crippen molar-refractivity contribution >= 4 is 5.91 Å². The van der Waals surface area contributed by atoms with Gasteiger partial charge in [-0.25, -0.2) is 8.78 Å². The van der Waals surface area contributed by atoms with E-state index in [9.17, 15) is 13.6 Å². The lowest BCUT2D eigenvalue weighted by Gasteiger charge is -2.06. The van der Waals surface area contributed by atoms with E-state index in [4.69, 9.17) is 5.73 Å². The number of nitrogens with two attached hydrogens (primary N) is 1. The number of primary amides is 1. The predicted octanol–water partition coefficient (Wildman–Crippen LogP) is 1.62. The van der Waals surface area contributed by atoms with Gasteiger partial charge in [-0.05, 0) is 30.2 Å². The third kappa shape index (κ3) is 2.37. The van der Waals surface area contributed by atoms with Crippen molar-refractivity contribution < 1.29 is 13.6 Å². The zero-order chi connectivity index (χ0) is 13.3. The first kappa shape index (κ1) is 12.2. The number of aromatic nitrogens is 2. The van der Waals surface area contributed by atoms with Crippen LogP contribution in [0.5, 0.6) is 0 Å². The van der Waals surface area contributed by atoms with E-state index in [0.29, 0.717) is 11.1 Å². The van der Waals surface area contributed by atoms with E-state index < -0.39 is 17.5 Å². The lowest BCUT2D eigenvalue weighted by molar-refractivity contribution is 0.1000. The summed E-state index contributed by atoms with van der Waals surface area (Å²) in [6, 6.07) is 2.25. The Morgan fingerprint density at radius 3 is 2.67 bits per heavy atom. The van der Waals surface area contributed by atoms with E-state index in [-0.39, 0.29) is 12.1 Å². The lowest BCUT2D eigenvalue weighted by Crippen LogP contribution is -2.10. The first-order valence-electron chi connectivity index (χ1n) is 5.24. The van der Waals surface area contributed by atoms with Crippen LogP contribution in [-0.2, 0) is 6.54 Å². The number of nitrogens with zero attached hydrogens (tertiary/aromatic N) is 2.